The van der Waals surface area contributed by atoms with E-state index < -0.39 is 9.89 Å². The summed E-state index contributed by atoms with van der Waals surface area (Å²) in [5.74, 6) is -0.0769. The van der Waals surface area contributed by atoms with Gasteiger partial charge in [0.1, 0.15) is 6.61 Å². The topological polar surface area (TPSA) is 72.6 Å². The zero-order chi connectivity index (χ0) is 13.8. The Morgan fingerprint density at radius 3 is 2.28 bits per heavy atom. The molecule has 0 radical (unpaired) electrons. The summed E-state index contributed by atoms with van der Waals surface area (Å²) in [6.45, 7) is 0.769. The minimum Gasteiger partial charge on any atom is -0.445 e. The predicted octanol–water partition coefficient (Wildman–Crippen LogP) is 2.08. The molecule has 0 aromatic rings. The van der Waals surface area contributed by atoms with E-state index in [1.807, 2.05) is 0 Å². The zero-order valence-electron chi connectivity index (χ0n) is 9.70. The molecule has 0 aromatic carbocycles. The number of carbonyl (C=O) groups excluding carboxylic acids is 2. The number of ether oxygens (including phenoxy) is 1. The molecule has 104 valence electrons. The Hall–Kier alpha value is -0.390. The molecule has 5 nitrogen and oxygen atoms in total. The largest absolute Gasteiger partial charge is 0.445 e. The number of amides is 2. The number of halogens is 3. The summed E-state index contributed by atoms with van der Waals surface area (Å²) in [7, 11) is 0. The molecule has 2 N–H and O–H groups in total. The first kappa shape index (κ1) is 15.7. The van der Waals surface area contributed by atoms with Crippen molar-refractivity contribution in [2.24, 2.45) is 11.7 Å². The van der Waals surface area contributed by atoms with E-state index in [0.29, 0.717) is 19.5 Å². The number of carbonyl (C=O) groups is 2. The van der Waals surface area contributed by atoms with Gasteiger partial charge in [-0.15, -0.1) is 0 Å². The quantitative estimate of drug-likeness (QED) is 0.810. The Bertz CT molecular complexity index is 312. The Labute approximate surface area is 120 Å². The average Bonchev–Trinajstić information content (AvgIpc) is 2.25. The van der Waals surface area contributed by atoms with Crippen molar-refractivity contribution in [3.63, 3.8) is 0 Å². The predicted molar refractivity (Wildman–Crippen MR) is 69.7 cm³/mol. The molecule has 18 heavy (non-hydrogen) atoms. The highest BCUT2D eigenvalue weighted by molar-refractivity contribution is 6.67. The van der Waals surface area contributed by atoms with E-state index in [1.165, 1.54) is 4.90 Å². The molecule has 0 aliphatic carbocycles. The van der Waals surface area contributed by atoms with Crippen molar-refractivity contribution in [2.75, 3.05) is 19.7 Å². The van der Waals surface area contributed by atoms with Gasteiger partial charge in [-0.05, 0) is 18.8 Å². The SMILES string of the molecule is NC(=O)CC1CCN(C(=O)OCC(Cl)(Cl)Cl)CC1. The zero-order valence-corrected chi connectivity index (χ0v) is 12.0. The fourth-order valence-electron chi connectivity index (χ4n) is 1.84. The van der Waals surface area contributed by atoms with Crippen LogP contribution < -0.4 is 5.73 Å². The lowest BCUT2D eigenvalue weighted by molar-refractivity contribution is -0.119. The average molecular weight is 318 g/mol. The third-order valence-electron chi connectivity index (χ3n) is 2.72. The molecule has 0 unspecified atom stereocenters. The van der Waals surface area contributed by atoms with E-state index in [1.54, 1.807) is 0 Å². The van der Waals surface area contributed by atoms with E-state index in [9.17, 15) is 9.59 Å². The Balaban J connectivity index is 2.29. The Morgan fingerprint density at radius 1 is 1.28 bits per heavy atom. The van der Waals surface area contributed by atoms with Crippen molar-refractivity contribution in [3.05, 3.63) is 0 Å². The normalized spacial score (nSPS) is 17.6. The first-order valence-electron chi connectivity index (χ1n) is 5.54. The maximum Gasteiger partial charge on any atom is 0.409 e. The number of likely N-dealkylation sites (tertiary alicyclic amines) is 1. The van der Waals surface area contributed by atoms with Crippen molar-refractivity contribution in [2.45, 2.75) is 23.1 Å². The number of rotatable bonds is 3. The van der Waals surface area contributed by atoms with Crippen LogP contribution in [0.5, 0.6) is 0 Å². The van der Waals surface area contributed by atoms with Gasteiger partial charge in [-0.3, -0.25) is 4.79 Å². The van der Waals surface area contributed by atoms with Gasteiger partial charge in [0.25, 0.3) is 0 Å². The van der Waals surface area contributed by atoms with Crippen molar-refractivity contribution < 1.29 is 14.3 Å². The molecule has 0 saturated carbocycles. The van der Waals surface area contributed by atoms with E-state index >= 15 is 0 Å². The van der Waals surface area contributed by atoms with E-state index in [0.717, 1.165) is 12.8 Å². The third kappa shape index (κ3) is 5.98. The van der Waals surface area contributed by atoms with Crippen LogP contribution in [-0.4, -0.2) is 40.4 Å². The summed E-state index contributed by atoms with van der Waals surface area (Å²) in [6, 6.07) is 0. The van der Waals surface area contributed by atoms with Crippen molar-refractivity contribution >= 4 is 46.8 Å². The van der Waals surface area contributed by atoms with Gasteiger partial charge in [0.15, 0.2) is 0 Å². The number of hydrogen-bond donors (Lipinski definition) is 1. The number of piperidine rings is 1. The van der Waals surface area contributed by atoms with Crippen LogP contribution in [-0.2, 0) is 9.53 Å². The lowest BCUT2D eigenvalue weighted by Gasteiger charge is -2.31. The summed E-state index contributed by atoms with van der Waals surface area (Å²) in [4.78, 5) is 23.9. The minimum absolute atomic E-state index is 0.236. The summed E-state index contributed by atoms with van der Waals surface area (Å²) in [6.07, 6.45) is 1.31. The van der Waals surface area contributed by atoms with Gasteiger partial charge in [-0.25, -0.2) is 4.79 Å². The van der Waals surface area contributed by atoms with Crippen molar-refractivity contribution in [1.82, 2.24) is 4.90 Å². The number of primary amides is 1. The standard InChI is InChI=1S/C10H15Cl3N2O3/c11-10(12,13)6-18-9(17)15-3-1-7(2-4-15)5-8(14)16/h7H,1-6H2,(H2,14,16). The molecule has 0 aromatic heterocycles. The van der Waals surface area contributed by atoms with Gasteiger partial charge >= 0.3 is 6.09 Å². The molecule has 0 bridgehead atoms. The van der Waals surface area contributed by atoms with E-state index in [-0.39, 0.29) is 18.4 Å². The monoisotopic (exact) mass is 316 g/mol. The summed E-state index contributed by atoms with van der Waals surface area (Å²) >= 11 is 16.4. The lowest BCUT2D eigenvalue weighted by atomic mass is 9.93. The Kier molecular flexibility index (Phi) is 5.82. The van der Waals surface area contributed by atoms with E-state index in [4.69, 9.17) is 45.3 Å². The first-order valence-corrected chi connectivity index (χ1v) is 6.68. The number of alkyl halides is 3. The molecular formula is C10H15Cl3N2O3. The molecule has 1 heterocycles. The van der Waals surface area contributed by atoms with Crippen LogP contribution in [0.4, 0.5) is 4.79 Å². The number of nitrogens with zero attached hydrogens (tertiary/aromatic N) is 1. The van der Waals surface area contributed by atoms with Crippen molar-refractivity contribution in [3.8, 4) is 0 Å². The fraction of sp³-hybridized carbons (Fsp3) is 0.800. The van der Waals surface area contributed by atoms with Crippen LogP contribution in [0.25, 0.3) is 0 Å². The first-order chi connectivity index (χ1) is 8.28. The molecule has 1 aliphatic rings. The molecule has 8 heteroatoms. The maximum atomic E-state index is 11.6. The second kappa shape index (κ2) is 6.68. The summed E-state index contributed by atoms with van der Waals surface area (Å²) < 4.78 is 3.26. The number of hydrogen-bond acceptors (Lipinski definition) is 3. The summed E-state index contributed by atoms with van der Waals surface area (Å²) in [5.41, 5.74) is 5.13. The van der Waals surface area contributed by atoms with Crippen molar-refractivity contribution in [1.29, 1.82) is 0 Å². The third-order valence-corrected chi connectivity index (χ3v) is 3.05. The van der Waals surface area contributed by atoms with Gasteiger partial charge in [0.05, 0.1) is 0 Å². The van der Waals surface area contributed by atoms with Crippen LogP contribution in [0.1, 0.15) is 19.3 Å². The van der Waals surface area contributed by atoms with Gasteiger partial charge in [-0.2, -0.15) is 0 Å². The lowest BCUT2D eigenvalue weighted by Crippen LogP contribution is -2.40. The highest BCUT2D eigenvalue weighted by Gasteiger charge is 2.27. The summed E-state index contributed by atoms with van der Waals surface area (Å²) in [5, 5.41) is 0. The van der Waals surface area contributed by atoms with Gasteiger partial charge in [-0.1, -0.05) is 34.8 Å². The van der Waals surface area contributed by atoms with Crippen LogP contribution in [0.3, 0.4) is 0 Å². The second-order valence-electron chi connectivity index (χ2n) is 4.27. The van der Waals surface area contributed by atoms with Gasteiger partial charge in [0.2, 0.25) is 9.70 Å². The Morgan fingerprint density at radius 2 is 1.83 bits per heavy atom. The highest BCUT2D eigenvalue weighted by Crippen LogP contribution is 2.27. The van der Waals surface area contributed by atoms with Crippen LogP contribution >= 0.6 is 34.8 Å². The minimum atomic E-state index is -1.60. The molecule has 1 saturated heterocycles. The maximum absolute atomic E-state index is 11.6. The highest BCUT2D eigenvalue weighted by atomic mass is 35.6. The molecule has 0 spiro atoms. The molecule has 1 aliphatic heterocycles. The smallest absolute Gasteiger partial charge is 0.409 e. The van der Waals surface area contributed by atoms with Gasteiger partial charge < -0.3 is 15.4 Å². The molecule has 1 rings (SSSR count). The van der Waals surface area contributed by atoms with E-state index in [2.05, 4.69) is 0 Å². The van der Waals surface area contributed by atoms with Crippen LogP contribution in [0.15, 0.2) is 0 Å². The molecule has 2 amide bonds. The molecule has 0 atom stereocenters. The van der Waals surface area contributed by atoms with Crippen LogP contribution in [0.2, 0.25) is 0 Å². The van der Waals surface area contributed by atoms with Gasteiger partial charge in [0, 0.05) is 19.5 Å². The fourth-order valence-corrected chi connectivity index (χ4v) is 2.00. The molecular weight excluding hydrogens is 302 g/mol. The number of nitrogens with two attached hydrogens (primary N) is 1. The second-order valence-corrected chi connectivity index (χ2v) is 6.79. The van der Waals surface area contributed by atoms with Crippen LogP contribution in [0, 0.1) is 5.92 Å². The molecule has 1 fully saturated rings.